The van der Waals surface area contributed by atoms with Gasteiger partial charge in [-0.25, -0.2) is 0 Å². The summed E-state index contributed by atoms with van der Waals surface area (Å²) < 4.78 is 5.29. The minimum Gasteiger partial charge on any atom is -0.479 e. The average Bonchev–Trinajstić information content (AvgIpc) is 2.52. The van der Waals surface area contributed by atoms with Gasteiger partial charge in [0, 0.05) is 12.2 Å². The molecule has 1 N–H and O–H groups in total. The molecule has 0 aliphatic heterocycles. The van der Waals surface area contributed by atoms with E-state index >= 15 is 0 Å². The third-order valence-electron chi connectivity index (χ3n) is 3.06. The Morgan fingerprint density at radius 3 is 2.60 bits per heavy atom. The van der Waals surface area contributed by atoms with E-state index < -0.39 is 0 Å². The van der Waals surface area contributed by atoms with Crippen molar-refractivity contribution in [3.05, 3.63) is 59.7 Å². The summed E-state index contributed by atoms with van der Waals surface area (Å²) in [7, 11) is 0. The molecule has 0 bridgehead atoms. The van der Waals surface area contributed by atoms with Crippen molar-refractivity contribution >= 4 is 5.69 Å². The molecule has 0 spiro atoms. The highest BCUT2D eigenvalue weighted by Gasteiger charge is 1.98. The maximum atomic E-state index is 8.50. The van der Waals surface area contributed by atoms with Crippen LogP contribution in [-0.2, 0) is 13.0 Å². The van der Waals surface area contributed by atoms with Gasteiger partial charge in [-0.15, -0.1) is 0 Å². The number of nitrogens with zero attached hydrogens (tertiary/aromatic N) is 1. The fourth-order valence-electron chi connectivity index (χ4n) is 1.92. The van der Waals surface area contributed by atoms with Crippen molar-refractivity contribution in [3.8, 4) is 11.8 Å². The number of anilines is 1. The molecule has 0 aliphatic carbocycles. The van der Waals surface area contributed by atoms with Gasteiger partial charge in [0.05, 0.1) is 0 Å². The Balaban J connectivity index is 1.94. The SMILES string of the molecule is CCc1ccc(NCc2cccc(OCC#N)c2)cc1. The Bertz CT molecular complexity index is 585. The van der Waals surface area contributed by atoms with Crippen LogP contribution in [0, 0.1) is 11.3 Å². The van der Waals surface area contributed by atoms with E-state index in [1.54, 1.807) is 0 Å². The average molecular weight is 266 g/mol. The van der Waals surface area contributed by atoms with Crippen LogP contribution in [0.5, 0.6) is 5.75 Å². The van der Waals surface area contributed by atoms with Crippen LogP contribution in [0.4, 0.5) is 5.69 Å². The van der Waals surface area contributed by atoms with Crippen molar-refractivity contribution in [2.75, 3.05) is 11.9 Å². The maximum absolute atomic E-state index is 8.50. The lowest BCUT2D eigenvalue weighted by atomic mass is 10.1. The predicted molar refractivity (Wildman–Crippen MR) is 80.7 cm³/mol. The van der Waals surface area contributed by atoms with Crippen molar-refractivity contribution in [2.24, 2.45) is 0 Å². The zero-order valence-corrected chi connectivity index (χ0v) is 11.6. The molecule has 102 valence electrons. The Labute approximate surface area is 119 Å². The van der Waals surface area contributed by atoms with Gasteiger partial charge in [0.15, 0.2) is 6.61 Å². The first-order valence-electron chi connectivity index (χ1n) is 6.73. The topological polar surface area (TPSA) is 45.0 Å². The summed E-state index contributed by atoms with van der Waals surface area (Å²) in [4.78, 5) is 0. The summed E-state index contributed by atoms with van der Waals surface area (Å²) in [5.41, 5.74) is 3.56. The standard InChI is InChI=1S/C17H18N2O/c1-2-14-6-8-16(9-7-14)19-13-15-4-3-5-17(12-15)20-11-10-18/h3-9,12,19H,2,11,13H2,1H3. The monoisotopic (exact) mass is 266 g/mol. The summed E-state index contributed by atoms with van der Waals surface area (Å²) in [5.74, 6) is 0.729. The second kappa shape index (κ2) is 7.20. The van der Waals surface area contributed by atoms with Gasteiger partial charge in [0.25, 0.3) is 0 Å². The van der Waals surface area contributed by atoms with Crippen LogP contribution in [0.2, 0.25) is 0 Å². The maximum Gasteiger partial charge on any atom is 0.174 e. The van der Waals surface area contributed by atoms with Crippen molar-refractivity contribution in [1.82, 2.24) is 0 Å². The molecule has 0 heterocycles. The molecule has 0 atom stereocenters. The van der Waals surface area contributed by atoms with Crippen LogP contribution < -0.4 is 10.1 Å². The second-order valence-corrected chi connectivity index (χ2v) is 4.50. The van der Waals surface area contributed by atoms with Crippen molar-refractivity contribution in [3.63, 3.8) is 0 Å². The number of hydrogen-bond donors (Lipinski definition) is 1. The van der Waals surface area contributed by atoms with Crippen LogP contribution in [0.25, 0.3) is 0 Å². The Morgan fingerprint density at radius 2 is 1.90 bits per heavy atom. The van der Waals surface area contributed by atoms with E-state index in [0.717, 1.165) is 30.0 Å². The van der Waals surface area contributed by atoms with E-state index in [0.29, 0.717) is 0 Å². The van der Waals surface area contributed by atoms with Crippen LogP contribution in [0.15, 0.2) is 48.5 Å². The number of rotatable bonds is 6. The minimum atomic E-state index is 0.0787. The number of ether oxygens (including phenoxy) is 1. The molecule has 3 nitrogen and oxygen atoms in total. The lowest BCUT2D eigenvalue weighted by Crippen LogP contribution is -2.00. The zero-order chi connectivity index (χ0) is 14.2. The summed E-state index contributed by atoms with van der Waals surface area (Å²) in [6.45, 7) is 2.96. The van der Waals surface area contributed by atoms with Gasteiger partial charge in [-0.2, -0.15) is 5.26 Å². The van der Waals surface area contributed by atoms with Crippen LogP contribution in [0.3, 0.4) is 0 Å². The quantitative estimate of drug-likeness (QED) is 0.865. The molecular formula is C17H18N2O. The van der Waals surface area contributed by atoms with Crippen molar-refractivity contribution in [2.45, 2.75) is 19.9 Å². The number of hydrogen-bond acceptors (Lipinski definition) is 3. The molecule has 0 radical (unpaired) electrons. The summed E-state index contributed by atoms with van der Waals surface area (Å²) in [5, 5.41) is 11.9. The highest BCUT2D eigenvalue weighted by atomic mass is 16.5. The Hall–Kier alpha value is -2.47. The number of aryl methyl sites for hydroxylation is 1. The largest absolute Gasteiger partial charge is 0.479 e. The van der Waals surface area contributed by atoms with Gasteiger partial charge in [-0.1, -0.05) is 31.2 Å². The van der Waals surface area contributed by atoms with E-state index in [-0.39, 0.29) is 6.61 Å². The Morgan fingerprint density at radius 1 is 1.10 bits per heavy atom. The van der Waals surface area contributed by atoms with Gasteiger partial charge in [-0.3, -0.25) is 0 Å². The fraction of sp³-hybridized carbons (Fsp3) is 0.235. The molecule has 0 unspecified atom stereocenters. The third kappa shape index (κ3) is 4.03. The van der Waals surface area contributed by atoms with Gasteiger partial charge < -0.3 is 10.1 Å². The first-order valence-corrected chi connectivity index (χ1v) is 6.73. The predicted octanol–water partition coefficient (Wildman–Crippen LogP) is 3.76. The molecule has 0 amide bonds. The number of benzene rings is 2. The molecule has 0 saturated carbocycles. The first kappa shape index (κ1) is 14.0. The lowest BCUT2D eigenvalue weighted by molar-refractivity contribution is 0.368. The molecule has 0 fully saturated rings. The first-order chi connectivity index (χ1) is 9.81. The highest BCUT2D eigenvalue weighted by molar-refractivity contribution is 5.45. The molecule has 2 aromatic rings. The fourth-order valence-corrected chi connectivity index (χ4v) is 1.92. The van der Waals surface area contributed by atoms with Gasteiger partial charge in [0.1, 0.15) is 11.8 Å². The summed E-state index contributed by atoms with van der Waals surface area (Å²) in [6, 6.07) is 18.2. The van der Waals surface area contributed by atoms with E-state index in [2.05, 4.69) is 36.5 Å². The van der Waals surface area contributed by atoms with E-state index in [9.17, 15) is 0 Å². The van der Waals surface area contributed by atoms with Gasteiger partial charge in [-0.05, 0) is 41.8 Å². The summed E-state index contributed by atoms with van der Waals surface area (Å²) in [6.07, 6.45) is 1.05. The normalized spacial score (nSPS) is 9.80. The molecule has 20 heavy (non-hydrogen) atoms. The zero-order valence-electron chi connectivity index (χ0n) is 11.6. The second-order valence-electron chi connectivity index (χ2n) is 4.50. The Kier molecular flexibility index (Phi) is 5.02. The van der Waals surface area contributed by atoms with Crippen LogP contribution in [0.1, 0.15) is 18.1 Å². The highest BCUT2D eigenvalue weighted by Crippen LogP contribution is 2.15. The van der Waals surface area contributed by atoms with E-state index in [1.165, 1.54) is 5.56 Å². The molecular weight excluding hydrogens is 248 g/mol. The van der Waals surface area contributed by atoms with E-state index in [4.69, 9.17) is 10.00 Å². The van der Waals surface area contributed by atoms with Crippen molar-refractivity contribution < 1.29 is 4.74 Å². The van der Waals surface area contributed by atoms with Crippen molar-refractivity contribution in [1.29, 1.82) is 5.26 Å². The van der Waals surface area contributed by atoms with Gasteiger partial charge >= 0.3 is 0 Å². The molecule has 0 aliphatic rings. The van der Waals surface area contributed by atoms with Gasteiger partial charge in [0.2, 0.25) is 0 Å². The van der Waals surface area contributed by atoms with Crippen LogP contribution >= 0.6 is 0 Å². The molecule has 2 rings (SSSR count). The third-order valence-corrected chi connectivity index (χ3v) is 3.06. The molecule has 0 aromatic heterocycles. The molecule has 3 heteroatoms. The smallest absolute Gasteiger partial charge is 0.174 e. The number of nitriles is 1. The minimum absolute atomic E-state index is 0.0787. The van der Waals surface area contributed by atoms with E-state index in [1.807, 2.05) is 30.3 Å². The lowest BCUT2D eigenvalue weighted by Gasteiger charge is -2.09. The summed E-state index contributed by atoms with van der Waals surface area (Å²) >= 11 is 0. The van der Waals surface area contributed by atoms with Crippen LogP contribution in [-0.4, -0.2) is 6.61 Å². The molecule has 0 saturated heterocycles. The molecule has 2 aromatic carbocycles. The number of nitrogens with one attached hydrogen (secondary N) is 1.